The van der Waals surface area contributed by atoms with Crippen molar-refractivity contribution in [1.29, 1.82) is 0 Å². The molecule has 0 bridgehead atoms. The van der Waals surface area contributed by atoms with E-state index in [0.717, 1.165) is 23.7 Å². The van der Waals surface area contributed by atoms with Crippen LogP contribution in [0, 0.1) is 5.92 Å². The van der Waals surface area contributed by atoms with Gasteiger partial charge in [0.2, 0.25) is 0 Å². The van der Waals surface area contributed by atoms with E-state index in [4.69, 9.17) is 16.3 Å². The highest BCUT2D eigenvalue weighted by molar-refractivity contribution is 7.98. The Morgan fingerprint density at radius 2 is 2.00 bits per heavy atom. The molecule has 2 heterocycles. The lowest BCUT2D eigenvalue weighted by molar-refractivity contribution is -0.0381. The maximum atomic E-state index is 6.21. The minimum atomic E-state index is 0.143. The van der Waals surface area contributed by atoms with Crippen molar-refractivity contribution >= 4 is 29.1 Å². The summed E-state index contributed by atoms with van der Waals surface area (Å²) in [4.78, 5) is 1.30. The molecule has 4 heteroatoms. The van der Waals surface area contributed by atoms with Crippen molar-refractivity contribution in [2.75, 3.05) is 18.2 Å². The zero-order valence-electron chi connectivity index (χ0n) is 13.1. The van der Waals surface area contributed by atoms with Crippen molar-refractivity contribution in [3.63, 3.8) is 0 Å². The van der Waals surface area contributed by atoms with Gasteiger partial charge < -0.3 is 10.1 Å². The van der Waals surface area contributed by atoms with Crippen molar-refractivity contribution in [2.45, 2.75) is 29.9 Å². The van der Waals surface area contributed by atoms with Gasteiger partial charge in [-0.3, -0.25) is 0 Å². The highest BCUT2D eigenvalue weighted by Crippen LogP contribution is 2.49. The summed E-state index contributed by atoms with van der Waals surface area (Å²) in [6.45, 7) is 0.839. The maximum Gasteiger partial charge on any atom is 0.0896 e. The Hall–Kier alpha value is -1.16. The smallest absolute Gasteiger partial charge is 0.0896 e. The van der Waals surface area contributed by atoms with Gasteiger partial charge in [0.15, 0.2) is 0 Å². The molecule has 3 atom stereocenters. The second kappa shape index (κ2) is 6.39. The van der Waals surface area contributed by atoms with Gasteiger partial charge in [-0.15, -0.1) is 11.8 Å². The third kappa shape index (κ3) is 2.86. The first-order chi connectivity index (χ1) is 11.3. The number of nitrogens with one attached hydrogen (secondary N) is 1. The number of hydrogen-bond acceptors (Lipinski definition) is 3. The largest absolute Gasteiger partial charge is 0.378 e. The molecule has 1 N–H and O–H groups in total. The number of rotatable bonds is 2. The molecule has 0 spiro atoms. The van der Waals surface area contributed by atoms with Crippen LogP contribution in [0.2, 0.25) is 5.02 Å². The molecule has 0 aromatic heterocycles. The monoisotopic (exact) mass is 345 g/mol. The molecule has 0 amide bonds. The molecule has 0 saturated carbocycles. The molecule has 2 nitrogen and oxygen atoms in total. The summed E-state index contributed by atoms with van der Waals surface area (Å²) in [6, 6.07) is 15.3. The van der Waals surface area contributed by atoms with Crippen LogP contribution >= 0.6 is 23.4 Å². The minimum Gasteiger partial charge on any atom is -0.378 e. The molecular weight excluding hydrogens is 326 g/mol. The van der Waals surface area contributed by atoms with Gasteiger partial charge in [-0.1, -0.05) is 23.7 Å². The molecule has 2 aliphatic heterocycles. The zero-order valence-corrected chi connectivity index (χ0v) is 14.7. The standard InChI is InChI=1S/C19H20ClNOS/c1-23-14-7-4-12(5-8-14)18-15-3-2-10-22-19(15)16-11-13(20)6-9-17(16)21-18/h4-9,11,15,18-19,21H,2-3,10H2,1H3. The Morgan fingerprint density at radius 3 is 2.78 bits per heavy atom. The average molecular weight is 346 g/mol. The van der Waals surface area contributed by atoms with Crippen LogP contribution in [0.3, 0.4) is 0 Å². The van der Waals surface area contributed by atoms with Crippen LogP contribution in [0.25, 0.3) is 0 Å². The van der Waals surface area contributed by atoms with Gasteiger partial charge >= 0.3 is 0 Å². The number of halogens is 1. The fourth-order valence-electron chi connectivity index (χ4n) is 3.78. The first-order valence-electron chi connectivity index (χ1n) is 8.08. The topological polar surface area (TPSA) is 21.3 Å². The number of anilines is 1. The molecule has 1 fully saturated rings. The van der Waals surface area contributed by atoms with E-state index in [1.807, 2.05) is 6.07 Å². The van der Waals surface area contributed by atoms with Gasteiger partial charge in [0.05, 0.1) is 12.1 Å². The molecule has 1 saturated heterocycles. The maximum absolute atomic E-state index is 6.21. The third-order valence-corrected chi connectivity index (χ3v) is 5.88. The lowest BCUT2D eigenvalue weighted by atomic mass is 9.77. The molecule has 4 rings (SSSR count). The number of hydrogen-bond donors (Lipinski definition) is 1. The summed E-state index contributed by atoms with van der Waals surface area (Å²) in [5, 5.41) is 4.51. The SMILES string of the molecule is CSc1ccc(C2Nc3ccc(Cl)cc3C3OCCCC23)cc1. The average Bonchev–Trinajstić information content (AvgIpc) is 2.61. The van der Waals surface area contributed by atoms with Gasteiger partial charge in [-0.2, -0.15) is 0 Å². The molecule has 2 aromatic carbocycles. The van der Waals surface area contributed by atoms with Crippen molar-refractivity contribution < 1.29 is 4.74 Å². The zero-order chi connectivity index (χ0) is 15.8. The van der Waals surface area contributed by atoms with Crippen LogP contribution in [-0.2, 0) is 4.74 Å². The van der Waals surface area contributed by atoms with Crippen LogP contribution in [0.1, 0.15) is 36.1 Å². The second-order valence-electron chi connectivity index (χ2n) is 6.22. The van der Waals surface area contributed by atoms with Crippen molar-refractivity contribution in [3.05, 3.63) is 58.6 Å². The number of ether oxygens (including phenoxy) is 1. The van der Waals surface area contributed by atoms with Gasteiger partial charge in [0.25, 0.3) is 0 Å². The molecular formula is C19H20ClNOS. The minimum absolute atomic E-state index is 0.143. The molecule has 3 unspecified atom stereocenters. The number of benzene rings is 2. The molecule has 0 aliphatic carbocycles. The fourth-order valence-corrected chi connectivity index (χ4v) is 4.37. The van der Waals surface area contributed by atoms with Gasteiger partial charge in [0.1, 0.15) is 0 Å². The second-order valence-corrected chi connectivity index (χ2v) is 7.54. The Morgan fingerprint density at radius 1 is 1.17 bits per heavy atom. The lowest BCUT2D eigenvalue weighted by Crippen LogP contribution is -2.35. The van der Waals surface area contributed by atoms with Crippen molar-refractivity contribution in [1.82, 2.24) is 0 Å². The summed E-state index contributed by atoms with van der Waals surface area (Å²) in [5.41, 5.74) is 3.69. The van der Waals surface area contributed by atoms with Crippen LogP contribution in [0.15, 0.2) is 47.4 Å². The molecule has 120 valence electrons. The Kier molecular flexibility index (Phi) is 4.27. The van der Waals surface area contributed by atoms with Crippen LogP contribution < -0.4 is 5.32 Å². The molecule has 0 radical (unpaired) electrons. The Balaban J connectivity index is 1.73. The summed E-state index contributed by atoms with van der Waals surface area (Å²) < 4.78 is 6.16. The highest BCUT2D eigenvalue weighted by Gasteiger charge is 2.39. The Labute approximate surface area is 146 Å². The first kappa shape index (κ1) is 15.4. The van der Waals surface area contributed by atoms with E-state index in [-0.39, 0.29) is 6.10 Å². The molecule has 2 aliphatic rings. The van der Waals surface area contributed by atoms with E-state index in [9.17, 15) is 0 Å². The van der Waals surface area contributed by atoms with Gasteiger partial charge in [-0.05, 0) is 55.0 Å². The molecule has 2 aromatic rings. The number of fused-ring (bicyclic) bond motifs is 3. The first-order valence-corrected chi connectivity index (χ1v) is 9.68. The fraction of sp³-hybridized carbons (Fsp3) is 0.368. The summed E-state index contributed by atoms with van der Waals surface area (Å²) in [6.07, 6.45) is 4.55. The predicted molar refractivity (Wildman–Crippen MR) is 97.5 cm³/mol. The summed E-state index contributed by atoms with van der Waals surface area (Å²) >= 11 is 7.99. The van der Waals surface area contributed by atoms with E-state index in [2.05, 4.69) is 48.0 Å². The Bertz CT molecular complexity index is 703. The molecule has 23 heavy (non-hydrogen) atoms. The van der Waals surface area contributed by atoms with Crippen LogP contribution in [-0.4, -0.2) is 12.9 Å². The van der Waals surface area contributed by atoms with E-state index in [1.165, 1.54) is 22.4 Å². The van der Waals surface area contributed by atoms with Crippen LogP contribution in [0.5, 0.6) is 0 Å². The van der Waals surface area contributed by atoms with E-state index < -0.39 is 0 Å². The quantitative estimate of drug-likeness (QED) is 0.706. The van der Waals surface area contributed by atoms with Gasteiger partial charge in [-0.25, -0.2) is 0 Å². The van der Waals surface area contributed by atoms with Gasteiger partial charge in [0, 0.05) is 33.7 Å². The van der Waals surface area contributed by atoms with Crippen LogP contribution in [0.4, 0.5) is 5.69 Å². The summed E-state index contributed by atoms with van der Waals surface area (Å²) in [5.74, 6) is 0.454. The van der Waals surface area contributed by atoms with E-state index in [1.54, 1.807) is 11.8 Å². The highest BCUT2D eigenvalue weighted by atomic mass is 35.5. The van der Waals surface area contributed by atoms with E-state index >= 15 is 0 Å². The number of thioether (sulfide) groups is 1. The summed E-state index contributed by atoms with van der Waals surface area (Å²) in [7, 11) is 0. The third-order valence-electron chi connectivity index (χ3n) is 4.90. The predicted octanol–water partition coefficient (Wildman–Crippen LogP) is 5.70. The lowest BCUT2D eigenvalue weighted by Gasteiger charge is -2.43. The van der Waals surface area contributed by atoms with Crippen molar-refractivity contribution in [2.24, 2.45) is 5.92 Å². The van der Waals surface area contributed by atoms with E-state index in [0.29, 0.717) is 12.0 Å². The van der Waals surface area contributed by atoms with Crippen molar-refractivity contribution in [3.8, 4) is 0 Å². The normalized spacial score (nSPS) is 26.1.